The molecular formula is C14H19F2NO2. The largest absolute Gasteiger partial charge is 0.394 e. The molecule has 1 unspecified atom stereocenters. The minimum absolute atomic E-state index is 0.0262. The summed E-state index contributed by atoms with van der Waals surface area (Å²) < 4.78 is 27.0. The van der Waals surface area contributed by atoms with Crippen LogP contribution in [0.25, 0.3) is 0 Å². The van der Waals surface area contributed by atoms with Crippen LogP contribution in [0, 0.1) is 11.6 Å². The predicted molar refractivity (Wildman–Crippen MR) is 67.6 cm³/mol. The number of halogens is 2. The van der Waals surface area contributed by atoms with Gasteiger partial charge in [0.25, 0.3) is 0 Å². The Balaban J connectivity index is 2.03. The molecular weight excluding hydrogens is 252 g/mol. The number of aliphatic hydroxyl groups is 2. The number of hydrogen-bond donors (Lipinski definition) is 3. The Kier molecular flexibility index (Phi) is 4.50. The molecule has 0 spiro atoms. The van der Waals surface area contributed by atoms with Crippen LogP contribution in [0.2, 0.25) is 0 Å². The molecule has 0 aliphatic heterocycles. The van der Waals surface area contributed by atoms with Crippen molar-refractivity contribution in [1.29, 1.82) is 0 Å². The van der Waals surface area contributed by atoms with Gasteiger partial charge in [-0.15, -0.1) is 0 Å². The molecule has 0 radical (unpaired) electrons. The van der Waals surface area contributed by atoms with E-state index in [1.165, 1.54) is 6.07 Å². The summed E-state index contributed by atoms with van der Waals surface area (Å²) in [5.41, 5.74) is -0.732. The lowest BCUT2D eigenvalue weighted by atomic mass is 9.98. The van der Waals surface area contributed by atoms with Gasteiger partial charge in [0.15, 0.2) is 0 Å². The quantitative estimate of drug-likeness (QED) is 0.766. The summed E-state index contributed by atoms with van der Waals surface area (Å²) in [7, 11) is 0. The van der Waals surface area contributed by atoms with Gasteiger partial charge in [-0.3, -0.25) is 0 Å². The Bertz CT molecular complexity index is 413. The number of benzene rings is 1. The molecule has 3 nitrogen and oxygen atoms in total. The lowest BCUT2D eigenvalue weighted by Gasteiger charge is -2.29. The van der Waals surface area contributed by atoms with Crippen molar-refractivity contribution >= 4 is 0 Å². The zero-order chi connectivity index (χ0) is 13.9. The molecule has 0 heterocycles. The van der Waals surface area contributed by atoms with Gasteiger partial charge in [-0.1, -0.05) is 18.9 Å². The van der Waals surface area contributed by atoms with Crippen LogP contribution >= 0.6 is 0 Å². The summed E-state index contributed by atoms with van der Waals surface area (Å²) >= 11 is 0. The normalized spacial score (nSPS) is 19.6. The summed E-state index contributed by atoms with van der Waals surface area (Å²) in [5, 5.41) is 22.4. The second kappa shape index (κ2) is 5.94. The highest BCUT2D eigenvalue weighted by molar-refractivity contribution is 5.22. The van der Waals surface area contributed by atoms with E-state index in [2.05, 4.69) is 5.32 Å². The van der Waals surface area contributed by atoms with Crippen LogP contribution in [0.15, 0.2) is 18.2 Å². The van der Waals surface area contributed by atoms with Gasteiger partial charge in [0.05, 0.1) is 18.3 Å². The fourth-order valence-corrected chi connectivity index (χ4v) is 2.69. The maximum Gasteiger partial charge on any atom is 0.131 e. The molecule has 1 aromatic carbocycles. The van der Waals surface area contributed by atoms with Crippen molar-refractivity contribution in [2.45, 2.75) is 37.3 Å². The van der Waals surface area contributed by atoms with Crippen molar-refractivity contribution in [3.05, 3.63) is 35.4 Å². The predicted octanol–water partition coefficient (Wildman–Crippen LogP) is 1.89. The zero-order valence-corrected chi connectivity index (χ0v) is 10.7. The van der Waals surface area contributed by atoms with E-state index in [-0.39, 0.29) is 18.7 Å². The zero-order valence-electron chi connectivity index (χ0n) is 10.7. The Morgan fingerprint density at radius 3 is 2.32 bits per heavy atom. The van der Waals surface area contributed by atoms with Gasteiger partial charge in [-0.25, -0.2) is 8.78 Å². The molecule has 0 aromatic heterocycles. The molecule has 1 aliphatic rings. The van der Waals surface area contributed by atoms with Gasteiger partial charge in [-0.2, -0.15) is 0 Å². The molecule has 0 amide bonds. The average molecular weight is 271 g/mol. The molecule has 1 fully saturated rings. The summed E-state index contributed by atoms with van der Waals surface area (Å²) in [6, 6.07) is 3.51. The van der Waals surface area contributed by atoms with E-state index in [1.54, 1.807) is 0 Å². The molecule has 5 heteroatoms. The van der Waals surface area contributed by atoms with Crippen LogP contribution in [0.4, 0.5) is 8.78 Å². The summed E-state index contributed by atoms with van der Waals surface area (Å²) in [6.07, 6.45) is 2.40. The van der Waals surface area contributed by atoms with Crippen LogP contribution in [-0.4, -0.2) is 28.9 Å². The Hall–Kier alpha value is -1.04. The molecule has 0 saturated heterocycles. The van der Waals surface area contributed by atoms with E-state index in [9.17, 15) is 19.0 Å². The first-order valence-corrected chi connectivity index (χ1v) is 6.56. The van der Waals surface area contributed by atoms with Gasteiger partial charge in [0, 0.05) is 12.1 Å². The van der Waals surface area contributed by atoms with E-state index >= 15 is 0 Å². The van der Waals surface area contributed by atoms with E-state index in [4.69, 9.17) is 0 Å². The number of hydrogen-bond acceptors (Lipinski definition) is 3. The van der Waals surface area contributed by atoms with Gasteiger partial charge >= 0.3 is 0 Å². The molecule has 1 aromatic rings. The van der Waals surface area contributed by atoms with Gasteiger partial charge in [0.2, 0.25) is 0 Å². The summed E-state index contributed by atoms with van der Waals surface area (Å²) in [6.45, 7) is -0.00210. The number of β-amino-alcohol motifs (C(OH)–C–C–N with tert-alkyl or cyclic N) is 1. The maximum absolute atomic E-state index is 13.5. The van der Waals surface area contributed by atoms with E-state index in [0.717, 1.165) is 37.8 Å². The highest BCUT2D eigenvalue weighted by Gasteiger charge is 2.33. The Morgan fingerprint density at radius 1 is 1.21 bits per heavy atom. The monoisotopic (exact) mass is 271 g/mol. The topological polar surface area (TPSA) is 52.5 Å². The second-order valence-corrected chi connectivity index (χ2v) is 5.18. The van der Waals surface area contributed by atoms with Crippen LogP contribution in [-0.2, 0) is 0 Å². The van der Waals surface area contributed by atoms with E-state index < -0.39 is 23.3 Å². The standard InChI is InChI=1S/C14H19F2NO2/c15-10-4-3-5-11(16)13(10)12(19)8-17-14(9-18)6-1-2-7-14/h3-5,12,17-19H,1-2,6-9H2. The Labute approximate surface area is 111 Å². The first-order chi connectivity index (χ1) is 9.08. The van der Waals surface area contributed by atoms with Crippen molar-refractivity contribution in [2.75, 3.05) is 13.2 Å². The molecule has 106 valence electrons. The van der Waals surface area contributed by atoms with Gasteiger partial charge in [-0.05, 0) is 25.0 Å². The molecule has 1 aliphatic carbocycles. The third kappa shape index (κ3) is 3.11. The van der Waals surface area contributed by atoms with Crippen molar-refractivity contribution in [1.82, 2.24) is 5.32 Å². The van der Waals surface area contributed by atoms with Crippen molar-refractivity contribution < 1.29 is 19.0 Å². The third-order valence-electron chi connectivity index (χ3n) is 3.87. The molecule has 1 saturated carbocycles. The minimum Gasteiger partial charge on any atom is -0.394 e. The first-order valence-electron chi connectivity index (χ1n) is 6.56. The van der Waals surface area contributed by atoms with Gasteiger partial charge < -0.3 is 15.5 Å². The molecule has 1 atom stereocenters. The van der Waals surface area contributed by atoms with Crippen LogP contribution in [0.1, 0.15) is 37.4 Å². The van der Waals surface area contributed by atoms with Crippen LogP contribution in [0.5, 0.6) is 0 Å². The van der Waals surface area contributed by atoms with Crippen LogP contribution < -0.4 is 5.32 Å². The molecule has 2 rings (SSSR count). The summed E-state index contributed by atoms with van der Waals surface area (Å²) in [4.78, 5) is 0. The van der Waals surface area contributed by atoms with Crippen molar-refractivity contribution in [3.63, 3.8) is 0 Å². The lowest BCUT2D eigenvalue weighted by molar-refractivity contribution is 0.118. The third-order valence-corrected chi connectivity index (χ3v) is 3.87. The fourth-order valence-electron chi connectivity index (χ4n) is 2.69. The smallest absolute Gasteiger partial charge is 0.131 e. The highest BCUT2D eigenvalue weighted by atomic mass is 19.1. The second-order valence-electron chi connectivity index (χ2n) is 5.18. The highest BCUT2D eigenvalue weighted by Crippen LogP contribution is 2.30. The fraction of sp³-hybridized carbons (Fsp3) is 0.571. The minimum atomic E-state index is -1.26. The molecule has 19 heavy (non-hydrogen) atoms. The van der Waals surface area contributed by atoms with Crippen LogP contribution in [0.3, 0.4) is 0 Å². The Morgan fingerprint density at radius 2 is 1.79 bits per heavy atom. The number of nitrogens with one attached hydrogen (secondary N) is 1. The van der Waals surface area contributed by atoms with Crippen molar-refractivity contribution in [2.24, 2.45) is 0 Å². The lowest BCUT2D eigenvalue weighted by Crippen LogP contribution is -2.47. The molecule has 3 N–H and O–H groups in total. The van der Waals surface area contributed by atoms with Crippen molar-refractivity contribution in [3.8, 4) is 0 Å². The summed E-state index contributed by atoms with van der Waals surface area (Å²) in [5.74, 6) is -1.50. The average Bonchev–Trinajstić information content (AvgIpc) is 2.86. The number of aliphatic hydroxyl groups excluding tert-OH is 2. The SMILES string of the molecule is OCC1(NCC(O)c2c(F)cccc2F)CCCC1. The number of rotatable bonds is 5. The van der Waals surface area contributed by atoms with E-state index in [1.807, 2.05) is 0 Å². The van der Waals surface area contributed by atoms with E-state index in [0.29, 0.717) is 0 Å². The maximum atomic E-state index is 13.5. The molecule has 0 bridgehead atoms. The first kappa shape index (κ1) is 14.4. The van der Waals surface area contributed by atoms with Gasteiger partial charge in [0.1, 0.15) is 11.6 Å².